The molecule has 0 aliphatic heterocycles. The van der Waals surface area contributed by atoms with Crippen molar-refractivity contribution in [3.05, 3.63) is 33.8 Å². The first-order valence-corrected chi connectivity index (χ1v) is 7.64. The van der Waals surface area contributed by atoms with Gasteiger partial charge in [-0.15, -0.1) is 0 Å². The third kappa shape index (κ3) is 3.08. The lowest BCUT2D eigenvalue weighted by Crippen LogP contribution is -2.34. The van der Waals surface area contributed by atoms with Gasteiger partial charge >= 0.3 is 0 Å². The van der Waals surface area contributed by atoms with E-state index in [0.29, 0.717) is 28.4 Å². The van der Waals surface area contributed by atoms with Crippen molar-refractivity contribution in [2.24, 2.45) is 17.6 Å². The van der Waals surface area contributed by atoms with Gasteiger partial charge in [0.15, 0.2) is 0 Å². The molecule has 1 aromatic rings. The van der Waals surface area contributed by atoms with E-state index in [4.69, 9.17) is 28.9 Å². The van der Waals surface area contributed by atoms with Gasteiger partial charge in [-0.2, -0.15) is 0 Å². The fourth-order valence-electron chi connectivity index (χ4n) is 3.27. The Bertz CT molecular complexity index is 418. The van der Waals surface area contributed by atoms with Gasteiger partial charge < -0.3 is 10.8 Å². The lowest BCUT2D eigenvalue weighted by molar-refractivity contribution is 0.0665. The van der Waals surface area contributed by atoms with Crippen LogP contribution >= 0.6 is 23.2 Å². The van der Waals surface area contributed by atoms with E-state index in [1.165, 1.54) is 12.8 Å². The van der Waals surface area contributed by atoms with Gasteiger partial charge in [-0.1, -0.05) is 49.0 Å². The summed E-state index contributed by atoms with van der Waals surface area (Å²) in [5, 5.41) is 11.9. The molecule has 1 fully saturated rings. The molecule has 1 aromatic carbocycles. The second-order valence-electron chi connectivity index (χ2n) is 5.54. The zero-order valence-electron chi connectivity index (χ0n) is 11.2. The smallest absolute Gasteiger partial charge is 0.0652 e. The lowest BCUT2D eigenvalue weighted by Gasteiger charge is -2.30. The first-order chi connectivity index (χ1) is 9.06. The Morgan fingerprint density at radius 3 is 2.42 bits per heavy atom. The Morgan fingerprint density at radius 2 is 1.95 bits per heavy atom. The summed E-state index contributed by atoms with van der Waals surface area (Å²) >= 11 is 12.5. The molecule has 0 spiro atoms. The van der Waals surface area contributed by atoms with Gasteiger partial charge in [-0.3, -0.25) is 0 Å². The van der Waals surface area contributed by atoms with Gasteiger partial charge in [0, 0.05) is 22.5 Å². The number of rotatable bonds is 4. The summed E-state index contributed by atoms with van der Waals surface area (Å²) in [6, 6.07) is 5.42. The highest BCUT2D eigenvalue weighted by atomic mass is 35.5. The largest absolute Gasteiger partial charge is 0.392 e. The molecule has 0 radical (unpaired) electrons. The van der Waals surface area contributed by atoms with Crippen LogP contribution in [0.4, 0.5) is 0 Å². The number of aliphatic hydroxyl groups is 1. The first-order valence-electron chi connectivity index (χ1n) is 6.88. The number of hydrogen-bond donors (Lipinski definition) is 2. The highest BCUT2D eigenvalue weighted by Gasteiger charge is 2.36. The number of nitrogens with two attached hydrogens (primary N) is 1. The van der Waals surface area contributed by atoms with Crippen LogP contribution in [-0.2, 0) is 0 Å². The molecule has 0 saturated heterocycles. The highest BCUT2D eigenvalue weighted by molar-refractivity contribution is 6.36. The SMILES string of the molecule is CC1CCCC1C(O)C(CN)c1c(Cl)cccc1Cl. The molecule has 106 valence electrons. The molecule has 4 atom stereocenters. The standard InChI is InChI=1S/C15H21Cl2NO/c1-9-4-2-5-10(9)15(19)11(8-18)14-12(16)6-3-7-13(14)17/h3,6-7,9-11,15,19H,2,4-5,8,18H2,1H3. The second-order valence-corrected chi connectivity index (χ2v) is 6.35. The van der Waals surface area contributed by atoms with E-state index in [0.717, 1.165) is 12.0 Å². The first kappa shape index (κ1) is 15.1. The Morgan fingerprint density at radius 1 is 1.32 bits per heavy atom. The van der Waals surface area contributed by atoms with Crippen molar-refractivity contribution >= 4 is 23.2 Å². The fraction of sp³-hybridized carbons (Fsp3) is 0.600. The van der Waals surface area contributed by atoms with Crippen LogP contribution in [0.15, 0.2) is 18.2 Å². The third-order valence-corrected chi connectivity index (χ3v) is 5.06. The normalized spacial score (nSPS) is 26.4. The number of aliphatic hydroxyl groups excluding tert-OH is 1. The summed E-state index contributed by atoms with van der Waals surface area (Å²) in [6.45, 7) is 2.55. The molecule has 2 nitrogen and oxygen atoms in total. The Labute approximate surface area is 124 Å². The number of hydrogen-bond acceptors (Lipinski definition) is 2. The Kier molecular flexibility index (Phi) is 5.13. The van der Waals surface area contributed by atoms with E-state index in [1.807, 2.05) is 6.07 Å². The van der Waals surface area contributed by atoms with Gasteiger partial charge in [0.2, 0.25) is 0 Å². The average molecular weight is 302 g/mol. The van der Waals surface area contributed by atoms with Crippen LogP contribution in [0.5, 0.6) is 0 Å². The Balaban J connectivity index is 2.29. The zero-order chi connectivity index (χ0) is 14.0. The minimum Gasteiger partial charge on any atom is -0.392 e. The summed E-state index contributed by atoms with van der Waals surface area (Å²) in [5.41, 5.74) is 6.67. The maximum absolute atomic E-state index is 10.7. The number of benzene rings is 1. The molecule has 4 heteroatoms. The van der Waals surface area contributed by atoms with Crippen molar-refractivity contribution < 1.29 is 5.11 Å². The van der Waals surface area contributed by atoms with E-state index in [9.17, 15) is 5.11 Å². The predicted octanol–water partition coefficient (Wildman–Crippen LogP) is 3.83. The van der Waals surface area contributed by atoms with Gasteiger partial charge in [-0.05, 0) is 36.0 Å². The van der Waals surface area contributed by atoms with Crippen molar-refractivity contribution in [2.45, 2.75) is 38.2 Å². The van der Waals surface area contributed by atoms with Crippen LogP contribution in [-0.4, -0.2) is 17.8 Å². The van der Waals surface area contributed by atoms with Crippen molar-refractivity contribution in [3.63, 3.8) is 0 Å². The molecule has 0 heterocycles. The van der Waals surface area contributed by atoms with Crippen LogP contribution in [0.3, 0.4) is 0 Å². The van der Waals surface area contributed by atoms with Crippen molar-refractivity contribution in [1.82, 2.24) is 0 Å². The van der Waals surface area contributed by atoms with Crippen LogP contribution in [0.2, 0.25) is 10.0 Å². The molecular weight excluding hydrogens is 281 g/mol. The topological polar surface area (TPSA) is 46.2 Å². The van der Waals surface area contributed by atoms with E-state index in [1.54, 1.807) is 12.1 Å². The molecule has 0 bridgehead atoms. The Hall–Kier alpha value is -0.280. The molecule has 19 heavy (non-hydrogen) atoms. The van der Waals surface area contributed by atoms with Gasteiger partial charge in [-0.25, -0.2) is 0 Å². The van der Waals surface area contributed by atoms with E-state index in [-0.39, 0.29) is 5.92 Å². The molecule has 3 N–H and O–H groups in total. The lowest BCUT2D eigenvalue weighted by atomic mass is 9.81. The van der Waals surface area contributed by atoms with Crippen LogP contribution in [0, 0.1) is 11.8 Å². The molecule has 2 rings (SSSR count). The van der Waals surface area contributed by atoms with Crippen molar-refractivity contribution in [1.29, 1.82) is 0 Å². The molecular formula is C15H21Cl2NO. The van der Waals surface area contributed by atoms with Crippen LogP contribution in [0.1, 0.15) is 37.7 Å². The predicted molar refractivity (Wildman–Crippen MR) is 80.8 cm³/mol. The van der Waals surface area contributed by atoms with E-state index in [2.05, 4.69) is 6.92 Å². The quantitative estimate of drug-likeness (QED) is 0.888. The van der Waals surface area contributed by atoms with Crippen molar-refractivity contribution in [3.8, 4) is 0 Å². The van der Waals surface area contributed by atoms with Gasteiger partial charge in [0.05, 0.1) is 6.10 Å². The minimum absolute atomic E-state index is 0.188. The molecule has 4 unspecified atom stereocenters. The van der Waals surface area contributed by atoms with Crippen LogP contribution in [0.25, 0.3) is 0 Å². The maximum Gasteiger partial charge on any atom is 0.0652 e. The highest BCUT2D eigenvalue weighted by Crippen LogP contribution is 2.41. The maximum atomic E-state index is 10.7. The summed E-state index contributed by atoms with van der Waals surface area (Å²) < 4.78 is 0. The third-order valence-electron chi connectivity index (χ3n) is 4.40. The molecule has 1 aliphatic rings. The molecule has 1 aliphatic carbocycles. The van der Waals surface area contributed by atoms with Crippen LogP contribution < -0.4 is 5.73 Å². The monoisotopic (exact) mass is 301 g/mol. The van der Waals surface area contributed by atoms with E-state index >= 15 is 0 Å². The minimum atomic E-state index is -0.472. The molecule has 1 saturated carbocycles. The molecule has 0 aromatic heterocycles. The van der Waals surface area contributed by atoms with Gasteiger partial charge in [0.1, 0.15) is 0 Å². The summed E-state index contributed by atoms with van der Waals surface area (Å²) in [4.78, 5) is 0. The van der Waals surface area contributed by atoms with Crippen molar-refractivity contribution in [2.75, 3.05) is 6.54 Å². The van der Waals surface area contributed by atoms with E-state index < -0.39 is 6.10 Å². The molecule has 0 amide bonds. The van der Waals surface area contributed by atoms with Gasteiger partial charge in [0.25, 0.3) is 0 Å². The fourth-order valence-corrected chi connectivity index (χ4v) is 3.95. The second kappa shape index (κ2) is 6.45. The average Bonchev–Trinajstić information content (AvgIpc) is 2.79. The summed E-state index contributed by atoms with van der Waals surface area (Å²) in [6.07, 6.45) is 2.94. The zero-order valence-corrected chi connectivity index (χ0v) is 12.7. The summed E-state index contributed by atoms with van der Waals surface area (Å²) in [7, 11) is 0. The summed E-state index contributed by atoms with van der Waals surface area (Å²) in [5.74, 6) is 0.637. The number of halogens is 2.